The fraction of sp³-hybridized carbons (Fsp3) is 0.500. The fourth-order valence-electron chi connectivity index (χ4n) is 2.50. The van der Waals surface area contributed by atoms with Gasteiger partial charge in [-0.1, -0.05) is 11.6 Å². The molecule has 1 aromatic carbocycles. The van der Waals surface area contributed by atoms with Gasteiger partial charge in [0.1, 0.15) is 11.9 Å². The SMILES string of the molecule is C[C@H]1CN(S(=O)(=O)CC2(C#N)CC2)c2cc(Cl)ccc2O1. The second-order valence-electron chi connectivity index (χ2n) is 5.72. The maximum Gasteiger partial charge on any atom is 0.236 e. The van der Waals surface area contributed by atoms with Crippen molar-refractivity contribution in [2.75, 3.05) is 16.6 Å². The Bertz CT molecular complexity index is 722. The second kappa shape index (κ2) is 4.79. The van der Waals surface area contributed by atoms with Gasteiger partial charge in [0.25, 0.3) is 0 Å². The Hall–Kier alpha value is -1.45. The number of halogens is 1. The van der Waals surface area contributed by atoms with Gasteiger partial charge in [-0.25, -0.2) is 8.42 Å². The topological polar surface area (TPSA) is 70.4 Å². The van der Waals surface area contributed by atoms with Crippen LogP contribution in [0, 0.1) is 16.7 Å². The lowest BCUT2D eigenvalue weighted by Crippen LogP contribution is -2.44. The zero-order valence-corrected chi connectivity index (χ0v) is 13.1. The Labute approximate surface area is 129 Å². The number of anilines is 1. The number of sulfonamides is 1. The highest BCUT2D eigenvalue weighted by molar-refractivity contribution is 7.92. The lowest BCUT2D eigenvalue weighted by Gasteiger charge is -2.34. The Kier molecular flexibility index (Phi) is 3.30. The predicted molar refractivity (Wildman–Crippen MR) is 80.0 cm³/mol. The Morgan fingerprint density at radius 1 is 1.52 bits per heavy atom. The van der Waals surface area contributed by atoms with Crippen molar-refractivity contribution >= 4 is 27.3 Å². The first kappa shape index (κ1) is 14.5. The van der Waals surface area contributed by atoms with E-state index in [0.717, 1.165) is 0 Å². The molecule has 0 unspecified atom stereocenters. The van der Waals surface area contributed by atoms with Gasteiger partial charge in [0.2, 0.25) is 10.0 Å². The van der Waals surface area contributed by atoms with E-state index >= 15 is 0 Å². The van der Waals surface area contributed by atoms with E-state index in [4.69, 9.17) is 21.6 Å². The molecule has 1 aliphatic carbocycles. The zero-order chi connectivity index (χ0) is 15.3. The summed E-state index contributed by atoms with van der Waals surface area (Å²) in [5.41, 5.74) is -0.256. The molecule has 1 aromatic rings. The first-order valence-electron chi connectivity index (χ1n) is 6.73. The molecule has 21 heavy (non-hydrogen) atoms. The average Bonchev–Trinajstić information content (AvgIpc) is 3.18. The number of nitrogens with zero attached hydrogens (tertiary/aromatic N) is 2. The minimum atomic E-state index is -3.58. The minimum Gasteiger partial charge on any atom is -0.487 e. The maximum absolute atomic E-state index is 12.7. The number of ether oxygens (including phenoxy) is 1. The molecule has 1 atom stereocenters. The summed E-state index contributed by atoms with van der Waals surface area (Å²) in [7, 11) is -3.58. The van der Waals surface area contributed by atoms with Crippen LogP contribution in [-0.4, -0.2) is 26.8 Å². The van der Waals surface area contributed by atoms with Crippen LogP contribution >= 0.6 is 11.6 Å². The van der Waals surface area contributed by atoms with Crippen molar-refractivity contribution < 1.29 is 13.2 Å². The molecule has 1 saturated carbocycles. The summed E-state index contributed by atoms with van der Waals surface area (Å²) < 4.78 is 32.4. The first-order valence-corrected chi connectivity index (χ1v) is 8.72. The van der Waals surface area contributed by atoms with E-state index < -0.39 is 15.4 Å². The number of benzene rings is 1. The molecule has 0 aromatic heterocycles. The van der Waals surface area contributed by atoms with Crippen molar-refractivity contribution in [3.63, 3.8) is 0 Å². The summed E-state index contributed by atoms with van der Waals surface area (Å²) in [6.07, 6.45) is 1.04. The van der Waals surface area contributed by atoms with Crippen molar-refractivity contribution in [2.45, 2.75) is 25.9 Å². The van der Waals surface area contributed by atoms with Gasteiger partial charge in [-0.05, 0) is 38.0 Å². The molecule has 5 nitrogen and oxygen atoms in total. The van der Waals surface area contributed by atoms with E-state index in [-0.39, 0.29) is 18.4 Å². The van der Waals surface area contributed by atoms with Crippen LogP contribution in [0.3, 0.4) is 0 Å². The number of hydrogen-bond donors (Lipinski definition) is 0. The van der Waals surface area contributed by atoms with E-state index in [1.54, 1.807) is 18.2 Å². The van der Waals surface area contributed by atoms with Gasteiger partial charge in [0, 0.05) is 5.02 Å². The molecule has 3 rings (SSSR count). The van der Waals surface area contributed by atoms with Gasteiger partial charge in [0.15, 0.2) is 0 Å². The van der Waals surface area contributed by atoms with Gasteiger partial charge in [-0.3, -0.25) is 4.31 Å². The molecule has 2 aliphatic rings. The normalized spacial score (nSPS) is 22.9. The monoisotopic (exact) mass is 326 g/mol. The van der Waals surface area contributed by atoms with Crippen LogP contribution < -0.4 is 9.04 Å². The Balaban J connectivity index is 1.99. The maximum atomic E-state index is 12.7. The second-order valence-corrected chi connectivity index (χ2v) is 8.05. The summed E-state index contributed by atoms with van der Waals surface area (Å²) in [6, 6.07) is 7.06. The lowest BCUT2D eigenvalue weighted by molar-refractivity contribution is 0.219. The summed E-state index contributed by atoms with van der Waals surface area (Å²) in [5, 5.41) is 9.58. The predicted octanol–water partition coefficient (Wildman–Crippen LogP) is 2.56. The molecule has 1 aliphatic heterocycles. The molecule has 0 bridgehead atoms. The molecule has 1 fully saturated rings. The van der Waals surface area contributed by atoms with Gasteiger partial charge < -0.3 is 4.74 Å². The molecule has 0 amide bonds. The Morgan fingerprint density at radius 3 is 2.86 bits per heavy atom. The molecule has 0 N–H and O–H groups in total. The highest BCUT2D eigenvalue weighted by Gasteiger charge is 2.49. The summed E-state index contributed by atoms with van der Waals surface area (Å²) >= 11 is 5.97. The van der Waals surface area contributed by atoms with Crippen LogP contribution in [0.1, 0.15) is 19.8 Å². The van der Waals surface area contributed by atoms with E-state index in [1.165, 1.54) is 4.31 Å². The van der Waals surface area contributed by atoms with Crippen LogP contribution in [-0.2, 0) is 10.0 Å². The largest absolute Gasteiger partial charge is 0.487 e. The average molecular weight is 327 g/mol. The van der Waals surface area contributed by atoms with Gasteiger partial charge in [-0.15, -0.1) is 0 Å². The smallest absolute Gasteiger partial charge is 0.236 e. The lowest BCUT2D eigenvalue weighted by atomic mass is 10.2. The zero-order valence-electron chi connectivity index (χ0n) is 11.5. The van der Waals surface area contributed by atoms with E-state index in [9.17, 15) is 8.42 Å². The third-order valence-electron chi connectivity index (χ3n) is 3.83. The van der Waals surface area contributed by atoms with E-state index in [1.807, 2.05) is 6.92 Å². The van der Waals surface area contributed by atoms with Crippen LogP contribution in [0.15, 0.2) is 18.2 Å². The number of fused-ring (bicyclic) bond motifs is 1. The summed E-state index contributed by atoms with van der Waals surface area (Å²) in [5.74, 6) is 0.360. The molecule has 0 saturated heterocycles. The molecule has 7 heteroatoms. The molecular weight excluding hydrogens is 312 g/mol. The minimum absolute atomic E-state index is 0.144. The highest BCUT2D eigenvalue weighted by atomic mass is 35.5. The van der Waals surface area contributed by atoms with Crippen LogP contribution in [0.25, 0.3) is 0 Å². The van der Waals surface area contributed by atoms with Gasteiger partial charge in [-0.2, -0.15) is 5.26 Å². The number of hydrogen-bond acceptors (Lipinski definition) is 4. The van der Waals surface area contributed by atoms with Gasteiger partial charge >= 0.3 is 0 Å². The van der Waals surface area contributed by atoms with Crippen molar-refractivity contribution in [1.82, 2.24) is 0 Å². The van der Waals surface area contributed by atoms with Crippen molar-refractivity contribution in [3.05, 3.63) is 23.2 Å². The molecule has 1 heterocycles. The van der Waals surface area contributed by atoms with Crippen LogP contribution in [0.4, 0.5) is 5.69 Å². The number of rotatable bonds is 3. The first-order chi connectivity index (χ1) is 9.85. The van der Waals surface area contributed by atoms with Crippen LogP contribution in [0.2, 0.25) is 5.02 Å². The molecule has 112 valence electrons. The quantitative estimate of drug-likeness (QED) is 0.856. The van der Waals surface area contributed by atoms with Gasteiger partial charge in [0.05, 0.1) is 29.5 Å². The van der Waals surface area contributed by atoms with E-state index in [2.05, 4.69) is 6.07 Å². The van der Waals surface area contributed by atoms with E-state index in [0.29, 0.717) is 29.3 Å². The van der Waals surface area contributed by atoms with Crippen LogP contribution in [0.5, 0.6) is 5.75 Å². The van der Waals surface area contributed by atoms with Crippen molar-refractivity contribution in [2.24, 2.45) is 5.41 Å². The third-order valence-corrected chi connectivity index (χ3v) is 6.00. The standard InChI is InChI=1S/C14H15ClN2O3S/c1-10-7-17(12-6-11(15)2-3-13(12)20-10)21(18,19)9-14(8-16)4-5-14/h2-3,6,10H,4-5,7,9H2,1H3/t10-/m0/s1. The fourth-order valence-corrected chi connectivity index (χ4v) is 4.75. The molecule has 0 spiro atoms. The highest BCUT2D eigenvalue weighted by Crippen LogP contribution is 2.47. The molecule has 0 radical (unpaired) electrons. The summed E-state index contributed by atoms with van der Waals surface area (Å²) in [4.78, 5) is 0. The molecular formula is C14H15ClN2O3S. The number of nitriles is 1. The van der Waals surface area contributed by atoms with Crippen molar-refractivity contribution in [3.8, 4) is 11.8 Å². The Morgan fingerprint density at radius 2 is 2.24 bits per heavy atom. The van der Waals surface area contributed by atoms with Crippen molar-refractivity contribution in [1.29, 1.82) is 5.26 Å². The third kappa shape index (κ3) is 2.68. The summed E-state index contributed by atoms with van der Waals surface area (Å²) in [6.45, 7) is 2.05.